The molecule has 1 rings (SSSR count). The van der Waals surface area contributed by atoms with Crippen LogP contribution in [-0.4, -0.2) is 30.3 Å². The van der Waals surface area contributed by atoms with E-state index >= 15 is 0 Å². The molecule has 0 aliphatic rings. The Hall–Kier alpha value is -2.40. The van der Waals surface area contributed by atoms with Crippen LogP contribution in [0, 0.1) is 0 Å². The number of hydrogen-bond acceptors (Lipinski definition) is 5. The van der Waals surface area contributed by atoms with E-state index in [-0.39, 0.29) is 6.42 Å². The Bertz CT molecular complexity index is 637. The van der Waals surface area contributed by atoms with Crippen LogP contribution >= 0.6 is 0 Å². The third kappa shape index (κ3) is 7.24. The molecular weight excluding hydrogens is 308 g/mol. The van der Waals surface area contributed by atoms with Crippen molar-refractivity contribution in [3.05, 3.63) is 47.1 Å². The van der Waals surface area contributed by atoms with E-state index in [1.807, 2.05) is 26.0 Å². The standard InChI is InChI=1S/C19H24O5/c1-13(2)5-8-16-12-15(7-10-18(21)23-4)6-9-17(16)24-19(22)11-14(3)20/h5-7,9-10,12,14,20H,8,11H2,1-4H3/t14-/m0/s1. The number of allylic oxidation sites excluding steroid dienone is 2. The molecule has 0 aliphatic carbocycles. The summed E-state index contributed by atoms with van der Waals surface area (Å²) in [6.07, 6.45) is 4.78. The van der Waals surface area contributed by atoms with E-state index in [0.29, 0.717) is 12.2 Å². The van der Waals surface area contributed by atoms with Crippen molar-refractivity contribution in [3.8, 4) is 5.75 Å². The van der Waals surface area contributed by atoms with Crippen LogP contribution in [0.4, 0.5) is 0 Å². The number of methoxy groups -OCH3 is 1. The summed E-state index contributed by atoms with van der Waals surface area (Å²) in [6.45, 7) is 5.51. The second-order valence-corrected chi connectivity index (χ2v) is 5.74. The van der Waals surface area contributed by atoms with Gasteiger partial charge in [0, 0.05) is 6.08 Å². The normalized spacial score (nSPS) is 11.9. The first-order valence-corrected chi connectivity index (χ1v) is 7.73. The topological polar surface area (TPSA) is 72.8 Å². The molecule has 5 heteroatoms. The van der Waals surface area contributed by atoms with Crippen LogP contribution in [-0.2, 0) is 20.7 Å². The second kappa shape index (κ2) is 9.67. The van der Waals surface area contributed by atoms with E-state index in [1.54, 1.807) is 18.2 Å². The highest BCUT2D eigenvalue weighted by molar-refractivity contribution is 5.87. The molecule has 0 saturated heterocycles. The number of ether oxygens (including phenoxy) is 2. The summed E-state index contributed by atoms with van der Waals surface area (Å²) < 4.78 is 9.91. The molecule has 1 aromatic carbocycles. The lowest BCUT2D eigenvalue weighted by Gasteiger charge is -2.11. The summed E-state index contributed by atoms with van der Waals surface area (Å²) in [5.41, 5.74) is 2.77. The Morgan fingerprint density at radius 3 is 2.58 bits per heavy atom. The number of carbonyl (C=O) groups is 2. The number of carbonyl (C=O) groups excluding carboxylic acids is 2. The zero-order valence-electron chi connectivity index (χ0n) is 14.5. The van der Waals surface area contributed by atoms with Gasteiger partial charge in [-0.3, -0.25) is 4.79 Å². The fourth-order valence-electron chi connectivity index (χ4n) is 1.91. The fourth-order valence-corrected chi connectivity index (χ4v) is 1.91. The van der Waals surface area contributed by atoms with Crippen molar-refractivity contribution in [1.29, 1.82) is 0 Å². The lowest BCUT2D eigenvalue weighted by molar-refractivity contribution is -0.136. The van der Waals surface area contributed by atoms with Gasteiger partial charge in [0.05, 0.1) is 19.6 Å². The Labute approximate surface area is 142 Å². The number of aliphatic hydroxyl groups excluding tert-OH is 1. The highest BCUT2D eigenvalue weighted by atomic mass is 16.5. The van der Waals surface area contributed by atoms with Crippen molar-refractivity contribution < 1.29 is 24.2 Å². The summed E-state index contributed by atoms with van der Waals surface area (Å²) in [5, 5.41) is 9.27. The highest BCUT2D eigenvalue weighted by Gasteiger charge is 2.12. The van der Waals surface area contributed by atoms with Gasteiger partial charge in [-0.2, -0.15) is 0 Å². The van der Waals surface area contributed by atoms with Gasteiger partial charge in [-0.25, -0.2) is 4.79 Å². The van der Waals surface area contributed by atoms with E-state index in [0.717, 1.165) is 16.7 Å². The van der Waals surface area contributed by atoms with Crippen molar-refractivity contribution >= 4 is 18.0 Å². The number of hydrogen-bond donors (Lipinski definition) is 1. The van der Waals surface area contributed by atoms with Crippen molar-refractivity contribution in [1.82, 2.24) is 0 Å². The molecular formula is C19H24O5. The van der Waals surface area contributed by atoms with Gasteiger partial charge in [0.25, 0.3) is 0 Å². The molecule has 1 atom stereocenters. The van der Waals surface area contributed by atoms with Crippen LogP contribution in [0.1, 0.15) is 38.3 Å². The molecule has 24 heavy (non-hydrogen) atoms. The van der Waals surface area contributed by atoms with Gasteiger partial charge in [-0.1, -0.05) is 17.7 Å². The maximum absolute atomic E-state index is 11.8. The molecule has 130 valence electrons. The van der Waals surface area contributed by atoms with Gasteiger partial charge in [0.15, 0.2) is 0 Å². The molecule has 5 nitrogen and oxygen atoms in total. The van der Waals surface area contributed by atoms with Crippen molar-refractivity contribution in [2.75, 3.05) is 7.11 Å². The van der Waals surface area contributed by atoms with Gasteiger partial charge in [0.1, 0.15) is 5.75 Å². The van der Waals surface area contributed by atoms with Crippen molar-refractivity contribution in [2.45, 2.75) is 39.7 Å². The van der Waals surface area contributed by atoms with E-state index in [4.69, 9.17) is 4.74 Å². The maximum atomic E-state index is 11.8. The predicted molar refractivity (Wildman–Crippen MR) is 92.6 cm³/mol. The van der Waals surface area contributed by atoms with Crippen LogP contribution in [0.15, 0.2) is 35.9 Å². The van der Waals surface area contributed by atoms with Gasteiger partial charge >= 0.3 is 11.9 Å². The molecule has 0 aliphatic heterocycles. The molecule has 0 unspecified atom stereocenters. The maximum Gasteiger partial charge on any atom is 0.330 e. The summed E-state index contributed by atoms with van der Waals surface area (Å²) in [6, 6.07) is 5.28. The van der Waals surface area contributed by atoms with Crippen LogP contribution in [0.5, 0.6) is 5.75 Å². The van der Waals surface area contributed by atoms with Gasteiger partial charge < -0.3 is 14.6 Å². The third-order valence-electron chi connectivity index (χ3n) is 3.11. The summed E-state index contributed by atoms with van der Waals surface area (Å²) in [7, 11) is 1.32. The minimum Gasteiger partial charge on any atom is -0.466 e. The molecule has 1 N–H and O–H groups in total. The summed E-state index contributed by atoms with van der Waals surface area (Å²) in [4.78, 5) is 23.0. The first kappa shape index (κ1) is 19.6. The lowest BCUT2D eigenvalue weighted by atomic mass is 10.0. The fraction of sp³-hybridized carbons (Fsp3) is 0.368. The molecule has 0 bridgehead atoms. The molecule has 0 spiro atoms. The molecule has 0 fully saturated rings. The van der Waals surface area contributed by atoms with Crippen LogP contribution < -0.4 is 4.74 Å². The van der Waals surface area contributed by atoms with Crippen LogP contribution in [0.2, 0.25) is 0 Å². The minimum absolute atomic E-state index is 0.0634. The largest absolute Gasteiger partial charge is 0.466 e. The smallest absolute Gasteiger partial charge is 0.330 e. The van der Waals surface area contributed by atoms with Crippen LogP contribution in [0.3, 0.4) is 0 Å². The zero-order valence-corrected chi connectivity index (χ0v) is 14.5. The SMILES string of the molecule is COC(=O)C=Cc1ccc(OC(=O)C[C@H](C)O)c(CC=C(C)C)c1. The van der Waals surface area contributed by atoms with Gasteiger partial charge in [-0.05, 0) is 56.5 Å². The Balaban J connectivity index is 3.04. The Kier molecular flexibility index (Phi) is 7.92. The molecule has 0 heterocycles. The monoisotopic (exact) mass is 332 g/mol. The van der Waals surface area contributed by atoms with Gasteiger partial charge in [0.2, 0.25) is 0 Å². The van der Waals surface area contributed by atoms with E-state index in [2.05, 4.69) is 4.74 Å². The van der Waals surface area contributed by atoms with Gasteiger partial charge in [-0.15, -0.1) is 0 Å². The number of aliphatic hydroxyl groups is 1. The minimum atomic E-state index is -0.749. The van der Waals surface area contributed by atoms with Crippen molar-refractivity contribution in [2.24, 2.45) is 0 Å². The molecule has 0 amide bonds. The quantitative estimate of drug-likeness (QED) is 0.359. The molecule has 1 aromatic rings. The molecule has 0 aromatic heterocycles. The van der Waals surface area contributed by atoms with E-state index < -0.39 is 18.0 Å². The first-order chi connectivity index (χ1) is 11.3. The first-order valence-electron chi connectivity index (χ1n) is 7.73. The Morgan fingerprint density at radius 2 is 2.00 bits per heavy atom. The van der Waals surface area contributed by atoms with E-state index in [1.165, 1.54) is 20.1 Å². The lowest BCUT2D eigenvalue weighted by Crippen LogP contribution is -2.15. The molecule has 0 saturated carbocycles. The number of benzene rings is 1. The average molecular weight is 332 g/mol. The van der Waals surface area contributed by atoms with Crippen LogP contribution in [0.25, 0.3) is 6.08 Å². The third-order valence-corrected chi connectivity index (χ3v) is 3.11. The predicted octanol–water partition coefficient (Wildman–Crippen LogP) is 3.06. The number of esters is 2. The summed E-state index contributed by atoms with van der Waals surface area (Å²) >= 11 is 0. The second-order valence-electron chi connectivity index (χ2n) is 5.74. The Morgan fingerprint density at radius 1 is 1.29 bits per heavy atom. The average Bonchev–Trinajstić information content (AvgIpc) is 2.51. The van der Waals surface area contributed by atoms with E-state index in [9.17, 15) is 14.7 Å². The zero-order chi connectivity index (χ0) is 18.1. The number of rotatable bonds is 7. The highest BCUT2D eigenvalue weighted by Crippen LogP contribution is 2.23. The molecule has 0 radical (unpaired) electrons. The summed E-state index contributed by atoms with van der Waals surface area (Å²) in [5.74, 6) is -0.469. The van der Waals surface area contributed by atoms with Crippen molar-refractivity contribution in [3.63, 3.8) is 0 Å².